The minimum atomic E-state index is 0.410. The lowest BCUT2D eigenvalue weighted by Crippen LogP contribution is -2.29. The van der Waals surface area contributed by atoms with Gasteiger partial charge in [0, 0.05) is 12.6 Å². The highest BCUT2D eigenvalue weighted by atomic mass is 79.9. The average Bonchev–Trinajstić information content (AvgIpc) is 2.92. The maximum absolute atomic E-state index is 4.62. The minimum absolute atomic E-state index is 0.410. The molecule has 0 amide bonds. The van der Waals surface area contributed by atoms with E-state index < -0.39 is 0 Å². The maximum Gasteiger partial charge on any atom is 0.0738 e. The fourth-order valence-corrected chi connectivity index (χ4v) is 3.87. The molecular formula is C16H28BrN3. The lowest BCUT2D eigenvalue weighted by Gasteiger charge is -2.25. The number of rotatable bonds is 6. The van der Waals surface area contributed by atoms with E-state index >= 15 is 0 Å². The molecule has 2 atom stereocenters. The second kappa shape index (κ2) is 6.61. The van der Waals surface area contributed by atoms with Crippen molar-refractivity contribution in [1.29, 1.82) is 0 Å². The molecule has 114 valence electrons. The van der Waals surface area contributed by atoms with Crippen LogP contribution in [0.4, 0.5) is 0 Å². The molecule has 2 rings (SSSR count). The van der Waals surface area contributed by atoms with Gasteiger partial charge in [-0.3, -0.25) is 4.68 Å². The van der Waals surface area contributed by atoms with E-state index in [0.717, 1.165) is 25.2 Å². The first-order chi connectivity index (χ1) is 9.49. The number of nitrogens with zero attached hydrogens (tertiary/aromatic N) is 2. The molecule has 0 aliphatic heterocycles. The van der Waals surface area contributed by atoms with Gasteiger partial charge in [0.1, 0.15) is 0 Å². The highest BCUT2D eigenvalue weighted by Gasteiger charge is 2.36. The van der Waals surface area contributed by atoms with Gasteiger partial charge in [-0.15, -0.1) is 0 Å². The van der Waals surface area contributed by atoms with Crippen molar-refractivity contribution in [1.82, 2.24) is 15.1 Å². The van der Waals surface area contributed by atoms with Gasteiger partial charge in [0.25, 0.3) is 0 Å². The molecule has 20 heavy (non-hydrogen) atoms. The Kier molecular flexibility index (Phi) is 5.30. The smallest absolute Gasteiger partial charge is 0.0738 e. The summed E-state index contributed by atoms with van der Waals surface area (Å²) in [6.07, 6.45) is 6.27. The van der Waals surface area contributed by atoms with Crippen molar-refractivity contribution in [2.75, 3.05) is 6.54 Å². The first-order valence-electron chi connectivity index (χ1n) is 7.94. The predicted octanol–water partition coefficient (Wildman–Crippen LogP) is 4.07. The summed E-state index contributed by atoms with van der Waals surface area (Å²) in [7, 11) is 0. The van der Waals surface area contributed by atoms with Crippen molar-refractivity contribution in [2.45, 2.75) is 72.4 Å². The topological polar surface area (TPSA) is 29.9 Å². The largest absolute Gasteiger partial charge is 0.314 e. The second-order valence-electron chi connectivity index (χ2n) is 6.54. The Balaban J connectivity index is 2.06. The molecule has 3 nitrogen and oxygen atoms in total. The first kappa shape index (κ1) is 16.0. The van der Waals surface area contributed by atoms with Crippen molar-refractivity contribution in [3.63, 3.8) is 0 Å². The van der Waals surface area contributed by atoms with Crippen LogP contribution in [0, 0.1) is 12.3 Å². The molecule has 2 unspecified atom stereocenters. The molecule has 4 heteroatoms. The van der Waals surface area contributed by atoms with Gasteiger partial charge in [-0.05, 0) is 73.8 Å². The zero-order valence-corrected chi connectivity index (χ0v) is 14.9. The molecule has 0 bridgehead atoms. The number of aromatic nitrogens is 2. The van der Waals surface area contributed by atoms with Crippen LogP contribution in [0.3, 0.4) is 0 Å². The number of halogens is 1. The molecule has 0 spiro atoms. The van der Waals surface area contributed by atoms with Crippen LogP contribution in [0.1, 0.15) is 57.8 Å². The van der Waals surface area contributed by atoms with Crippen molar-refractivity contribution in [3.8, 4) is 0 Å². The summed E-state index contributed by atoms with van der Waals surface area (Å²) >= 11 is 3.73. The summed E-state index contributed by atoms with van der Waals surface area (Å²) < 4.78 is 3.38. The third-order valence-electron chi connectivity index (χ3n) is 4.57. The molecule has 1 aliphatic carbocycles. The third kappa shape index (κ3) is 3.45. The van der Waals surface area contributed by atoms with Crippen LogP contribution < -0.4 is 5.32 Å². The van der Waals surface area contributed by atoms with Gasteiger partial charge in [0.05, 0.1) is 15.9 Å². The fourth-order valence-electron chi connectivity index (χ4n) is 3.45. The van der Waals surface area contributed by atoms with Gasteiger partial charge >= 0.3 is 0 Å². The fraction of sp³-hybridized carbons (Fsp3) is 0.812. The molecule has 1 aliphatic rings. The van der Waals surface area contributed by atoms with Crippen LogP contribution in [-0.4, -0.2) is 22.4 Å². The standard InChI is InChI=1S/C16H28BrN3/c1-5-9-18-13-7-8-16(4,10-13)11-14-15(17)12(3)19-20(14)6-2/h13,18H,5-11H2,1-4H3. The summed E-state index contributed by atoms with van der Waals surface area (Å²) in [5.41, 5.74) is 2.90. The molecule has 1 heterocycles. The Morgan fingerprint density at radius 1 is 1.45 bits per heavy atom. The minimum Gasteiger partial charge on any atom is -0.314 e. The third-order valence-corrected chi connectivity index (χ3v) is 5.60. The van der Waals surface area contributed by atoms with Crippen molar-refractivity contribution in [3.05, 3.63) is 15.9 Å². The highest BCUT2D eigenvalue weighted by molar-refractivity contribution is 9.10. The average molecular weight is 342 g/mol. The lowest BCUT2D eigenvalue weighted by atomic mass is 9.83. The lowest BCUT2D eigenvalue weighted by molar-refractivity contribution is 0.312. The van der Waals surface area contributed by atoms with Gasteiger partial charge in [-0.1, -0.05) is 13.8 Å². The number of hydrogen-bond acceptors (Lipinski definition) is 2. The SMILES string of the molecule is CCCNC1CCC(C)(Cc2c(Br)c(C)nn2CC)C1. The van der Waals surface area contributed by atoms with Crippen molar-refractivity contribution >= 4 is 15.9 Å². The number of aryl methyl sites for hydroxylation is 2. The Hall–Kier alpha value is -0.350. The van der Waals surface area contributed by atoms with Gasteiger partial charge in [0.2, 0.25) is 0 Å². The molecule has 1 N–H and O–H groups in total. The van der Waals surface area contributed by atoms with Crippen LogP contribution >= 0.6 is 15.9 Å². The van der Waals surface area contributed by atoms with Crippen molar-refractivity contribution in [2.24, 2.45) is 5.41 Å². The Morgan fingerprint density at radius 2 is 2.20 bits per heavy atom. The summed E-state index contributed by atoms with van der Waals surface area (Å²) in [6, 6.07) is 0.706. The zero-order valence-electron chi connectivity index (χ0n) is 13.3. The Labute approximate surface area is 131 Å². The maximum atomic E-state index is 4.62. The van der Waals surface area contributed by atoms with Crippen LogP contribution in [0.15, 0.2) is 4.47 Å². The van der Waals surface area contributed by atoms with Crippen LogP contribution in [0.2, 0.25) is 0 Å². The van der Waals surface area contributed by atoms with E-state index in [9.17, 15) is 0 Å². The molecule has 0 aromatic carbocycles. The van der Waals surface area contributed by atoms with Gasteiger partial charge < -0.3 is 5.32 Å². The molecule has 1 aromatic rings. The predicted molar refractivity (Wildman–Crippen MR) is 88.1 cm³/mol. The summed E-state index contributed by atoms with van der Waals surface area (Å²) in [6.45, 7) is 11.0. The quantitative estimate of drug-likeness (QED) is 0.844. The van der Waals surface area contributed by atoms with Crippen molar-refractivity contribution < 1.29 is 0 Å². The number of nitrogens with one attached hydrogen (secondary N) is 1. The van der Waals surface area contributed by atoms with Crippen LogP contribution in [-0.2, 0) is 13.0 Å². The molecule has 0 radical (unpaired) electrons. The van der Waals surface area contributed by atoms with E-state index in [0.29, 0.717) is 11.5 Å². The molecule has 1 saturated carbocycles. The molecule has 1 fully saturated rings. The second-order valence-corrected chi connectivity index (χ2v) is 7.34. The molecule has 1 aromatic heterocycles. The number of hydrogen-bond donors (Lipinski definition) is 1. The highest BCUT2D eigenvalue weighted by Crippen LogP contribution is 2.42. The normalized spacial score (nSPS) is 26.4. The van der Waals surface area contributed by atoms with E-state index in [-0.39, 0.29) is 0 Å². The van der Waals surface area contributed by atoms with E-state index in [1.165, 1.54) is 35.8 Å². The van der Waals surface area contributed by atoms with Crippen LogP contribution in [0.5, 0.6) is 0 Å². The first-order valence-corrected chi connectivity index (χ1v) is 8.73. The monoisotopic (exact) mass is 341 g/mol. The van der Waals surface area contributed by atoms with E-state index in [4.69, 9.17) is 0 Å². The van der Waals surface area contributed by atoms with E-state index in [2.05, 4.69) is 58.7 Å². The molecule has 0 saturated heterocycles. The zero-order chi connectivity index (χ0) is 14.8. The van der Waals surface area contributed by atoms with Crippen LogP contribution in [0.25, 0.3) is 0 Å². The van der Waals surface area contributed by atoms with Gasteiger partial charge in [-0.2, -0.15) is 5.10 Å². The summed E-state index contributed by atoms with van der Waals surface area (Å²) in [5.74, 6) is 0. The van der Waals surface area contributed by atoms with E-state index in [1.807, 2.05) is 0 Å². The Bertz CT molecular complexity index is 455. The van der Waals surface area contributed by atoms with Gasteiger partial charge in [0.15, 0.2) is 0 Å². The molecular weight excluding hydrogens is 314 g/mol. The van der Waals surface area contributed by atoms with E-state index in [1.54, 1.807) is 0 Å². The summed E-state index contributed by atoms with van der Waals surface area (Å²) in [4.78, 5) is 0. The summed E-state index contributed by atoms with van der Waals surface area (Å²) in [5, 5.41) is 8.31. The van der Waals surface area contributed by atoms with Gasteiger partial charge in [-0.25, -0.2) is 0 Å². The Morgan fingerprint density at radius 3 is 2.85 bits per heavy atom.